The third kappa shape index (κ3) is 20.4. The molecule has 210 valence electrons. The maximum Gasteiger partial charge on any atom is 0.327 e. The molecule has 2 atom stereocenters. The number of carbonyl (C=O) groups is 4. The van der Waals surface area contributed by atoms with Crippen molar-refractivity contribution in [2.75, 3.05) is 24.6 Å². The number of amides is 4. The maximum absolute atomic E-state index is 12.0. The van der Waals surface area contributed by atoms with Crippen LogP contribution in [0.15, 0.2) is 0 Å². The van der Waals surface area contributed by atoms with Crippen molar-refractivity contribution in [3.63, 3.8) is 0 Å². The summed E-state index contributed by atoms with van der Waals surface area (Å²) in [7, 11) is 2.27. The number of hydrogen-bond acceptors (Lipinski definition) is 6. The number of carbonyl (C=O) groups excluding carboxylic acids is 2. The lowest BCUT2D eigenvalue weighted by atomic mass is 10.1. The van der Waals surface area contributed by atoms with Crippen molar-refractivity contribution in [3.8, 4) is 0 Å². The fourth-order valence-corrected chi connectivity index (χ4v) is 5.53. The average Bonchev–Trinajstić information content (AvgIpc) is 2.83. The summed E-state index contributed by atoms with van der Waals surface area (Å²) in [4.78, 5) is 46.9. The number of hydrogen-bond donors (Lipinski definition) is 6. The number of nitrogens with one attached hydrogen (secondary N) is 4. The largest absolute Gasteiger partial charge is 0.480 e. The molecule has 0 aliphatic rings. The molecule has 0 aromatic heterocycles. The molecular weight excluding hydrogens is 504 g/mol. The molecule has 0 aromatic rings. The highest BCUT2D eigenvalue weighted by Crippen LogP contribution is 2.23. The molecule has 4 amide bonds. The molecule has 0 bridgehead atoms. The van der Waals surface area contributed by atoms with Gasteiger partial charge in [0.1, 0.15) is 12.1 Å². The van der Waals surface area contributed by atoms with Gasteiger partial charge >= 0.3 is 24.0 Å². The van der Waals surface area contributed by atoms with E-state index in [1.54, 1.807) is 0 Å². The summed E-state index contributed by atoms with van der Waals surface area (Å²) in [5.41, 5.74) is 0. The number of unbranched alkanes of at least 4 members (excludes halogenated alkanes) is 10. The first-order valence-electron chi connectivity index (χ1n) is 13.1. The summed E-state index contributed by atoms with van der Waals surface area (Å²) in [6, 6.07) is -3.28. The molecular formula is C24H46N4O6S2. The van der Waals surface area contributed by atoms with E-state index < -0.39 is 36.1 Å². The monoisotopic (exact) mass is 550 g/mol. The predicted octanol–water partition coefficient (Wildman–Crippen LogP) is 4.59. The Morgan fingerprint density at radius 1 is 0.583 bits per heavy atom. The number of aliphatic carboxylic acids is 2. The van der Waals surface area contributed by atoms with Crippen LogP contribution in [0.2, 0.25) is 0 Å². The van der Waals surface area contributed by atoms with Crippen LogP contribution in [0.4, 0.5) is 9.59 Å². The lowest BCUT2D eigenvalue weighted by Gasteiger charge is -2.16. The number of carboxylic acid groups (broad SMARTS) is 2. The van der Waals surface area contributed by atoms with Gasteiger partial charge in [-0.15, -0.1) is 0 Å². The highest BCUT2D eigenvalue weighted by Gasteiger charge is 2.23. The third-order valence-electron chi connectivity index (χ3n) is 5.39. The summed E-state index contributed by atoms with van der Waals surface area (Å²) < 4.78 is 0. The zero-order valence-electron chi connectivity index (χ0n) is 21.8. The second-order valence-corrected chi connectivity index (χ2v) is 11.2. The van der Waals surface area contributed by atoms with Crippen LogP contribution in [0.1, 0.15) is 90.9 Å². The van der Waals surface area contributed by atoms with Crippen molar-refractivity contribution < 1.29 is 29.4 Å². The van der Waals surface area contributed by atoms with Gasteiger partial charge in [-0.2, -0.15) is 0 Å². The van der Waals surface area contributed by atoms with Gasteiger partial charge in [0.2, 0.25) is 0 Å². The van der Waals surface area contributed by atoms with Gasteiger partial charge in [0.25, 0.3) is 0 Å². The van der Waals surface area contributed by atoms with E-state index in [4.69, 9.17) is 0 Å². The zero-order chi connectivity index (χ0) is 27.0. The van der Waals surface area contributed by atoms with Crippen LogP contribution in [0.25, 0.3) is 0 Å². The molecule has 0 aliphatic carbocycles. The minimum atomic E-state index is -1.17. The minimum absolute atomic E-state index is 0.0566. The number of urea groups is 2. The van der Waals surface area contributed by atoms with Crippen LogP contribution in [0.3, 0.4) is 0 Å². The fraction of sp³-hybridized carbons (Fsp3) is 0.833. The Balaban J connectivity index is 4.14. The van der Waals surface area contributed by atoms with Crippen molar-refractivity contribution in [2.45, 2.75) is 103 Å². The topological polar surface area (TPSA) is 157 Å². The second kappa shape index (κ2) is 23.6. The first-order chi connectivity index (χ1) is 17.3. The van der Waals surface area contributed by atoms with Crippen molar-refractivity contribution in [2.24, 2.45) is 0 Å². The van der Waals surface area contributed by atoms with Gasteiger partial charge in [0, 0.05) is 24.6 Å². The van der Waals surface area contributed by atoms with Crippen LogP contribution < -0.4 is 21.3 Å². The first-order valence-corrected chi connectivity index (χ1v) is 15.6. The van der Waals surface area contributed by atoms with Crippen LogP contribution in [0.5, 0.6) is 0 Å². The van der Waals surface area contributed by atoms with E-state index >= 15 is 0 Å². The molecule has 0 saturated carbocycles. The SMILES string of the molecule is CCCCCCCCNC(=O)N[C@@H](CSSC[C@H](NC(=O)NCCCCCCCC)C(=O)O)C(=O)O. The van der Waals surface area contributed by atoms with Gasteiger partial charge < -0.3 is 31.5 Å². The van der Waals surface area contributed by atoms with Crippen LogP contribution in [0, 0.1) is 0 Å². The molecule has 0 fully saturated rings. The predicted molar refractivity (Wildman–Crippen MR) is 148 cm³/mol. The average molecular weight is 551 g/mol. The van der Waals surface area contributed by atoms with Gasteiger partial charge in [0.05, 0.1) is 0 Å². The molecule has 0 aliphatic heterocycles. The van der Waals surface area contributed by atoms with Crippen LogP contribution in [-0.2, 0) is 9.59 Å². The number of carboxylic acids is 2. The summed E-state index contributed by atoms with van der Waals surface area (Å²) in [5, 5.41) is 29.0. The molecule has 0 spiro atoms. The van der Waals surface area contributed by atoms with Crippen LogP contribution in [-0.4, -0.2) is 70.9 Å². The minimum Gasteiger partial charge on any atom is -0.480 e. The van der Waals surface area contributed by atoms with Crippen molar-refractivity contribution in [3.05, 3.63) is 0 Å². The molecule has 12 heteroatoms. The Labute approximate surface area is 223 Å². The third-order valence-corrected chi connectivity index (χ3v) is 7.81. The standard InChI is InChI=1S/C24H46N4O6S2/c1-3-5-7-9-11-13-15-25-23(33)27-19(21(29)30)17-35-36-18-20(22(31)32)28-24(34)26-16-14-12-10-8-6-4-2/h19-20H,3-18H2,1-2H3,(H,29,30)(H,31,32)(H2,25,27,33)(H2,26,28,34)/t19-,20-/m0/s1. The highest BCUT2D eigenvalue weighted by atomic mass is 33.1. The van der Waals surface area contributed by atoms with Crippen molar-refractivity contribution in [1.29, 1.82) is 0 Å². The molecule has 36 heavy (non-hydrogen) atoms. The molecule has 6 N–H and O–H groups in total. The van der Waals surface area contributed by atoms with Gasteiger partial charge in [-0.05, 0) is 12.8 Å². The quantitative estimate of drug-likeness (QED) is 0.0796. The normalized spacial score (nSPS) is 12.4. The van der Waals surface area contributed by atoms with Crippen molar-refractivity contribution >= 4 is 45.6 Å². The second-order valence-electron chi connectivity index (χ2n) is 8.69. The highest BCUT2D eigenvalue weighted by molar-refractivity contribution is 8.76. The van der Waals surface area contributed by atoms with Gasteiger partial charge in [0.15, 0.2) is 0 Å². The number of rotatable bonds is 23. The summed E-state index contributed by atoms with van der Waals surface area (Å²) in [6.07, 6.45) is 13.1. The van der Waals surface area contributed by atoms with Gasteiger partial charge in [-0.3, -0.25) is 0 Å². The Kier molecular flexibility index (Phi) is 22.4. The van der Waals surface area contributed by atoms with Crippen molar-refractivity contribution in [1.82, 2.24) is 21.3 Å². The summed E-state index contributed by atoms with van der Waals surface area (Å²) in [6.45, 7) is 5.28. The zero-order valence-corrected chi connectivity index (χ0v) is 23.4. The van der Waals surface area contributed by atoms with E-state index in [9.17, 15) is 29.4 Å². The molecule has 0 rings (SSSR count). The van der Waals surface area contributed by atoms with E-state index in [1.165, 1.54) is 38.5 Å². The van der Waals surface area contributed by atoms with Gasteiger partial charge in [-0.1, -0.05) is 99.6 Å². The lowest BCUT2D eigenvalue weighted by Crippen LogP contribution is -2.48. The molecule has 0 unspecified atom stereocenters. The Morgan fingerprint density at radius 2 is 0.917 bits per heavy atom. The van der Waals surface area contributed by atoms with E-state index in [-0.39, 0.29) is 11.5 Å². The Morgan fingerprint density at radius 3 is 1.25 bits per heavy atom. The fourth-order valence-electron chi connectivity index (χ4n) is 3.21. The summed E-state index contributed by atoms with van der Waals surface area (Å²) in [5.74, 6) is -2.22. The molecule has 0 radical (unpaired) electrons. The Hall–Kier alpha value is -1.82. The van der Waals surface area contributed by atoms with E-state index in [1.807, 2.05) is 0 Å². The smallest absolute Gasteiger partial charge is 0.327 e. The molecule has 0 aromatic carbocycles. The lowest BCUT2D eigenvalue weighted by molar-refractivity contribution is -0.139. The maximum atomic E-state index is 12.0. The Bertz CT molecular complexity index is 575. The van der Waals surface area contributed by atoms with Gasteiger partial charge in [-0.25, -0.2) is 19.2 Å². The van der Waals surface area contributed by atoms with E-state index in [0.29, 0.717) is 13.1 Å². The van der Waals surface area contributed by atoms with Crippen LogP contribution >= 0.6 is 21.6 Å². The molecule has 0 saturated heterocycles. The molecule has 10 nitrogen and oxygen atoms in total. The first kappa shape index (κ1) is 34.2. The van der Waals surface area contributed by atoms with E-state index in [2.05, 4.69) is 35.1 Å². The summed E-state index contributed by atoms with van der Waals surface area (Å²) >= 11 is 0. The van der Waals surface area contributed by atoms with E-state index in [0.717, 1.165) is 60.1 Å². The molecule has 0 heterocycles.